The van der Waals surface area contributed by atoms with E-state index in [1.807, 2.05) is 25.8 Å². The summed E-state index contributed by atoms with van der Waals surface area (Å²) in [5, 5.41) is 0. The first kappa shape index (κ1) is 15.3. The molecule has 3 nitrogen and oxygen atoms in total. The summed E-state index contributed by atoms with van der Waals surface area (Å²) in [5.41, 5.74) is 0.940. The molecule has 0 fully saturated rings. The van der Waals surface area contributed by atoms with Crippen LogP contribution in [0.1, 0.15) is 27.2 Å². The van der Waals surface area contributed by atoms with E-state index >= 15 is 0 Å². The lowest BCUT2D eigenvalue weighted by Gasteiger charge is -2.20. The van der Waals surface area contributed by atoms with Crippen LogP contribution in [0.2, 0.25) is 0 Å². The zero-order chi connectivity index (χ0) is 14.4. The van der Waals surface area contributed by atoms with E-state index in [0.29, 0.717) is 11.1 Å². The molecule has 1 aliphatic rings. The van der Waals surface area contributed by atoms with E-state index < -0.39 is 6.04 Å². The van der Waals surface area contributed by atoms with E-state index in [9.17, 15) is 9.18 Å². The van der Waals surface area contributed by atoms with Crippen LogP contribution in [0.3, 0.4) is 0 Å². The molecular weight excluding hydrogens is 243 g/mol. The van der Waals surface area contributed by atoms with Crippen LogP contribution in [-0.4, -0.2) is 36.7 Å². The lowest BCUT2D eigenvalue weighted by molar-refractivity contribution is -0.105. The van der Waals surface area contributed by atoms with Crippen LogP contribution < -0.4 is 0 Å². The number of hydrogen-bond donors (Lipinski definition) is 0. The second-order valence-corrected chi connectivity index (χ2v) is 4.51. The first-order valence-electron chi connectivity index (χ1n) is 6.52. The highest BCUT2D eigenvalue weighted by atomic mass is 19.1. The number of aliphatic imine (C=N–C) groups is 1. The van der Waals surface area contributed by atoms with E-state index in [4.69, 9.17) is 0 Å². The molecule has 0 amide bonds. The van der Waals surface area contributed by atoms with Gasteiger partial charge in [-0.1, -0.05) is 13.0 Å². The van der Waals surface area contributed by atoms with Crippen LogP contribution in [0.5, 0.6) is 0 Å². The number of nitrogens with zero attached hydrogens (tertiary/aromatic N) is 2. The van der Waals surface area contributed by atoms with Crippen molar-refractivity contribution in [2.45, 2.75) is 33.2 Å². The minimum absolute atomic E-state index is 0.320. The third-order valence-corrected chi connectivity index (χ3v) is 3.18. The van der Waals surface area contributed by atoms with Gasteiger partial charge < -0.3 is 4.90 Å². The van der Waals surface area contributed by atoms with Gasteiger partial charge in [-0.2, -0.15) is 0 Å². The number of carbonyl (C=O) groups excluding carboxylic acids is 1. The summed E-state index contributed by atoms with van der Waals surface area (Å²) in [4.78, 5) is 17.7. The first-order valence-corrected chi connectivity index (χ1v) is 6.52. The van der Waals surface area contributed by atoms with Gasteiger partial charge >= 0.3 is 0 Å². The second kappa shape index (κ2) is 7.02. The zero-order valence-electron chi connectivity index (χ0n) is 12.0. The van der Waals surface area contributed by atoms with Gasteiger partial charge in [-0.15, -0.1) is 0 Å². The highest BCUT2D eigenvalue weighted by molar-refractivity contribution is 5.84. The number of hydrogen-bond acceptors (Lipinski definition) is 2. The highest BCUT2D eigenvalue weighted by Crippen LogP contribution is 2.20. The maximum Gasteiger partial charge on any atom is 0.148 e. The molecular formula is C15H21FN2O. The van der Waals surface area contributed by atoms with E-state index in [-0.39, 0.29) is 5.83 Å². The van der Waals surface area contributed by atoms with Crippen LogP contribution in [-0.2, 0) is 4.79 Å². The van der Waals surface area contributed by atoms with Gasteiger partial charge in [-0.05, 0) is 31.6 Å². The molecule has 0 aliphatic heterocycles. The van der Waals surface area contributed by atoms with E-state index in [2.05, 4.69) is 4.99 Å². The fourth-order valence-electron chi connectivity index (χ4n) is 1.85. The van der Waals surface area contributed by atoms with E-state index in [1.54, 1.807) is 19.1 Å². The molecule has 0 aromatic rings. The molecule has 0 radical (unpaired) electrons. The van der Waals surface area contributed by atoms with Crippen molar-refractivity contribution < 1.29 is 9.18 Å². The standard InChI is InChI=1S/C15H21FN2O/c1-5-15(18(4)6-2)17-14-8-7-13(16)11(3)9-12(14)10-19/h7-10,14H,5-6H2,1-4H3. The molecule has 0 aromatic carbocycles. The Bertz CT molecular complexity index is 461. The Balaban J connectivity index is 3.13. The normalized spacial score (nSPS) is 20.2. The summed E-state index contributed by atoms with van der Waals surface area (Å²) < 4.78 is 13.5. The molecule has 104 valence electrons. The summed E-state index contributed by atoms with van der Waals surface area (Å²) in [6, 6.07) is -0.412. The quantitative estimate of drug-likeness (QED) is 0.444. The lowest BCUT2D eigenvalue weighted by Crippen LogP contribution is -2.27. The Kier molecular flexibility index (Phi) is 5.67. The van der Waals surface area contributed by atoms with Gasteiger partial charge in [0.15, 0.2) is 0 Å². The molecule has 1 rings (SSSR count). The second-order valence-electron chi connectivity index (χ2n) is 4.51. The molecule has 0 saturated heterocycles. The Labute approximate surface area is 114 Å². The molecule has 0 bridgehead atoms. The minimum atomic E-state index is -0.412. The topological polar surface area (TPSA) is 32.7 Å². The maximum atomic E-state index is 13.5. The van der Waals surface area contributed by atoms with Gasteiger partial charge in [0, 0.05) is 25.6 Å². The van der Waals surface area contributed by atoms with Gasteiger partial charge in [-0.25, -0.2) is 4.39 Å². The summed E-state index contributed by atoms with van der Waals surface area (Å²) in [7, 11) is 1.96. The van der Waals surface area contributed by atoms with Crippen molar-refractivity contribution in [2.24, 2.45) is 4.99 Å². The molecule has 1 aliphatic carbocycles. The summed E-state index contributed by atoms with van der Waals surface area (Å²) in [6.07, 6.45) is 6.10. The van der Waals surface area contributed by atoms with E-state index in [1.165, 1.54) is 6.08 Å². The van der Waals surface area contributed by atoms with Gasteiger partial charge in [-0.3, -0.25) is 9.79 Å². The van der Waals surface area contributed by atoms with Crippen LogP contribution in [0.4, 0.5) is 4.39 Å². The molecule has 4 heteroatoms. The fraction of sp³-hybridized carbons (Fsp3) is 0.467. The van der Waals surface area contributed by atoms with Gasteiger partial charge in [0.1, 0.15) is 12.1 Å². The molecule has 1 atom stereocenters. The zero-order valence-corrected chi connectivity index (χ0v) is 12.0. The number of amidine groups is 1. The van der Waals surface area contributed by atoms with E-state index in [0.717, 1.165) is 25.1 Å². The van der Waals surface area contributed by atoms with Crippen molar-refractivity contribution in [1.82, 2.24) is 4.90 Å². The minimum Gasteiger partial charge on any atom is -0.364 e. The van der Waals surface area contributed by atoms with Gasteiger partial charge in [0.2, 0.25) is 0 Å². The van der Waals surface area contributed by atoms with Crippen molar-refractivity contribution in [3.05, 3.63) is 35.2 Å². The summed E-state index contributed by atoms with van der Waals surface area (Å²) >= 11 is 0. The molecule has 1 unspecified atom stereocenters. The predicted molar refractivity (Wildman–Crippen MR) is 76.9 cm³/mol. The van der Waals surface area contributed by atoms with Crippen LogP contribution in [0.15, 0.2) is 40.2 Å². The molecule has 0 aromatic heterocycles. The Morgan fingerprint density at radius 3 is 2.74 bits per heavy atom. The summed E-state index contributed by atoms with van der Waals surface area (Å²) in [6.45, 7) is 6.54. The predicted octanol–water partition coefficient (Wildman–Crippen LogP) is 3.05. The molecule has 0 heterocycles. The number of aldehydes is 1. The highest BCUT2D eigenvalue weighted by Gasteiger charge is 2.15. The van der Waals surface area contributed by atoms with Crippen LogP contribution in [0, 0.1) is 0 Å². The lowest BCUT2D eigenvalue weighted by atomic mass is 10.1. The largest absolute Gasteiger partial charge is 0.364 e. The Morgan fingerprint density at radius 2 is 2.21 bits per heavy atom. The monoisotopic (exact) mass is 264 g/mol. The molecule has 0 saturated carbocycles. The Hall–Kier alpha value is -1.71. The smallest absolute Gasteiger partial charge is 0.148 e. The number of halogens is 1. The van der Waals surface area contributed by atoms with Crippen LogP contribution >= 0.6 is 0 Å². The van der Waals surface area contributed by atoms with Crippen molar-refractivity contribution in [1.29, 1.82) is 0 Å². The van der Waals surface area contributed by atoms with Crippen LogP contribution in [0.25, 0.3) is 0 Å². The van der Waals surface area contributed by atoms with Crippen molar-refractivity contribution in [3.63, 3.8) is 0 Å². The van der Waals surface area contributed by atoms with Crippen molar-refractivity contribution in [2.75, 3.05) is 13.6 Å². The third kappa shape index (κ3) is 3.88. The SMILES string of the molecule is CCC(=NC1C=CC(F)=C(C)C=C1C=O)N(C)CC. The first-order chi connectivity index (χ1) is 9.03. The molecule has 19 heavy (non-hydrogen) atoms. The fourth-order valence-corrected chi connectivity index (χ4v) is 1.85. The molecule has 0 spiro atoms. The maximum absolute atomic E-state index is 13.5. The summed E-state index contributed by atoms with van der Waals surface area (Å²) in [5.74, 6) is 0.587. The van der Waals surface area contributed by atoms with Crippen molar-refractivity contribution >= 4 is 12.1 Å². The molecule has 0 N–H and O–H groups in total. The number of allylic oxidation sites excluding steroid dienone is 4. The number of carbonyl (C=O) groups is 1. The van der Waals surface area contributed by atoms with Crippen molar-refractivity contribution in [3.8, 4) is 0 Å². The average molecular weight is 264 g/mol. The van der Waals surface area contributed by atoms with Gasteiger partial charge in [0.25, 0.3) is 0 Å². The average Bonchev–Trinajstić information content (AvgIpc) is 2.56. The number of rotatable bonds is 4. The Morgan fingerprint density at radius 1 is 1.53 bits per heavy atom. The van der Waals surface area contributed by atoms with Gasteiger partial charge in [0.05, 0.1) is 11.9 Å². The third-order valence-electron chi connectivity index (χ3n) is 3.18.